The molecule has 27 heavy (non-hydrogen) atoms. The predicted molar refractivity (Wildman–Crippen MR) is 97.6 cm³/mol. The average Bonchev–Trinajstić information content (AvgIpc) is 3.00. The van der Waals surface area contributed by atoms with Gasteiger partial charge in [-0.1, -0.05) is 18.2 Å². The van der Waals surface area contributed by atoms with Crippen molar-refractivity contribution in [2.45, 2.75) is 38.3 Å². The highest BCUT2D eigenvalue weighted by Gasteiger charge is 2.27. The Morgan fingerprint density at radius 2 is 1.85 bits per heavy atom. The molecule has 0 bridgehead atoms. The van der Waals surface area contributed by atoms with Gasteiger partial charge in [-0.15, -0.1) is 0 Å². The molecular weight excluding hydrogens is 352 g/mol. The summed E-state index contributed by atoms with van der Waals surface area (Å²) < 4.78 is 0. The molecule has 6 N–H and O–H groups in total. The van der Waals surface area contributed by atoms with Crippen molar-refractivity contribution in [2.75, 3.05) is 0 Å². The van der Waals surface area contributed by atoms with Crippen molar-refractivity contribution in [3.63, 3.8) is 0 Å². The van der Waals surface area contributed by atoms with Crippen molar-refractivity contribution >= 4 is 34.6 Å². The van der Waals surface area contributed by atoms with E-state index in [4.69, 9.17) is 5.73 Å². The maximum absolute atomic E-state index is 12.4. The van der Waals surface area contributed by atoms with Crippen molar-refractivity contribution < 1.29 is 24.3 Å². The molecule has 0 spiro atoms. The molecule has 0 unspecified atom stereocenters. The van der Waals surface area contributed by atoms with E-state index >= 15 is 0 Å². The first-order chi connectivity index (χ1) is 12.8. The number of nitrogens with two attached hydrogens (primary N) is 1. The van der Waals surface area contributed by atoms with Crippen LogP contribution in [0.2, 0.25) is 0 Å². The molecule has 9 heteroatoms. The van der Waals surface area contributed by atoms with Crippen LogP contribution in [0.3, 0.4) is 0 Å². The lowest BCUT2D eigenvalue weighted by molar-refractivity contribution is -0.142. The number of fused-ring (bicyclic) bond motifs is 1. The van der Waals surface area contributed by atoms with Crippen LogP contribution in [-0.2, 0) is 25.6 Å². The molecular formula is C18H22N4O5. The fourth-order valence-corrected chi connectivity index (χ4v) is 2.79. The lowest BCUT2D eigenvalue weighted by atomic mass is 10.0. The second-order valence-electron chi connectivity index (χ2n) is 6.22. The van der Waals surface area contributed by atoms with Gasteiger partial charge in [-0.2, -0.15) is 0 Å². The smallest absolute Gasteiger partial charge is 0.326 e. The van der Waals surface area contributed by atoms with Gasteiger partial charge in [-0.05, 0) is 18.1 Å². The van der Waals surface area contributed by atoms with Crippen LogP contribution in [0, 0.1) is 0 Å². The Bertz CT molecular complexity index is 860. The number of hydrogen-bond donors (Lipinski definition) is 5. The molecule has 1 aromatic carbocycles. The highest BCUT2D eigenvalue weighted by molar-refractivity contribution is 5.91. The third-order valence-electron chi connectivity index (χ3n) is 4.09. The number of benzene rings is 1. The zero-order valence-corrected chi connectivity index (χ0v) is 14.8. The lowest BCUT2D eigenvalue weighted by Gasteiger charge is -2.20. The number of carboxylic acids is 1. The minimum Gasteiger partial charge on any atom is -0.480 e. The third kappa shape index (κ3) is 5.56. The molecule has 0 aliphatic heterocycles. The van der Waals surface area contributed by atoms with E-state index in [1.165, 1.54) is 6.92 Å². The normalized spacial score (nSPS) is 12.9. The van der Waals surface area contributed by atoms with Crippen molar-refractivity contribution in [3.05, 3.63) is 36.0 Å². The SMILES string of the molecule is CC(=O)N[C@@H](CCC(N)=O)C(=O)N[C@@H](Cc1c[nH]c2ccccc12)C(=O)O. The number of H-pyrrole nitrogens is 1. The van der Waals surface area contributed by atoms with Gasteiger partial charge in [0.1, 0.15) is 12.1 Å². The second-order valence-corrected chi connectivity index (χ2v) is 6.22. The Labute approximate surface area is 155 Å². The Balaban J connectivity index is 2.13. The molecule has 3 amide bonds. The molecule has 0 fully saturated rings. The van der Waals surface area contributed by atoms with Gasteiger partial charge in [-0.3, -0.25) is 14.4 Å². The fraction of sp³-hybridized carbons (Fsp3) is 0.333. The minimum absolute atomic E-state index is 0.0137. The standard InChI is InChI=1S/C18H22N4O5/c1-10(23)21-14(6-7-16(19)24)17(25)22-15(18(26)27)8-11-9-20-13-5-3-2-4-12(11)13/h2-5,9,14-15,20H,6-8H2,1H3,(H2,19,24)(H,21,23)(H,22,25)(H,26,27)/t14-,15-/m0/s1. The summed E-state index contributed by atoms with van der Waals surface area (Å²) in [4.78, 5) is 49.4. The number of carbonyl (C=O) groups excluding carboxylic acids is 3. The summed E-state index contributed by atoms with van der Waals surface area (Å²) in [6.45, 7) is 1.23. The molecule has 1 heterocycles. The molecule has 2 aromatic rings. The van der Waals surface area contributed by atoms with Crippen LogP contribution < -0.4 is 16.4 Å². The van der Waals surface area contributed by atoms with E-state index in [9.17, 15) is 24.3 Å². The topological polar surface area (TPSA) is 154 Å². The molecule has 2 atom stereocenters. The number of nitrogens with one attached hydrogen (secondary N) is 3. The third-order valence-corrected chi connectivity index (χ3v) is 4.09. The van der Waals surface area contributed by atoms with E-state index in [0.29, 0.717) is 0 Å². The van der Waals surface area contributed by atoms with Gasteiger partial charge in [0.05, 0.1) is 0 Å². The Morgan fingerprint density at radius 3 is 2.48 bits per heavy atom. The van der Waals surface area contributed by atoms with Gasteiger partial charge in [-0.25, -0.2) is 4.79 Å². The van der Waals surface area contributed by atoms with Crippen LogP contribution in [0.15, 0.2) is 30.5 Å². The molecule has 0 aliphatic rings. The monoisotopic (exact) mass is 374 g/mol. The number of rotatable bonds is 9. The van der Waals surface area contributed by atoms with E-state index in [0.717, 1.165) is 16.5 Å². The number of carboxylic acid groups (broad SMARTS) is 1. The summed E-state index contributed by atoms with van der Waals surface area (Å²) >= 11 is 0. The highest BCUT2D eigenvalue weighted by Crippen LogP contribution is 2.19. The van der Waals surface area contributed by atoms with Gasteiger partial charge >= 0.3 is 5.97 Å². The molecule has 9 nitrogen and oxygen atoms in total. The number of primary amides is 1. The van der Waals surface area contributed by atoms with Crippen molar-refractivity contribution in [1.82, 2.24) is 15.6 Å². The van der Waals surface area contributed by atoms with Crippen LogP contribution in [0.25, 0.3) is 10.9 Å². The van der Waals surface area contributed by atoms with E-state index in [-0.39, 0.29) is 19.3 Å². The fourth-order valence-electron chi connectivity index (χ4n) is 2.79. The zero-order valence-electron chi connectivity index (χ0n) is 14.8. The Morgan fingerprint density at radius 1 is 1.15 bits per heavy atom. The number of hydrogen-bond acceptors (Lipinski definition) is 4. The number of para-hydroxylation sites is 1. The van der Waals surface area contributed by atoms with Gasteiger partial charge in [0.25, 0.3) is 0 Å². The first kappa shape index (κ1) is 20.0. The van der Waals surface area contributed by atoms with E-state index in [1.807, 2.05) is 24.3 Å². The zero-order chi connectivity index (χ0) is 20.0. The molecule has 1 aromatic heterocycles. The molecule has 0 aliphatic carbocycles. The Hall–Kier alpha value is -3.36. The summed E-state index contributed by atoms with van der Waals surface area (Å²) in [6, 6.07) is 5.18. The molecule has 0 saturated heterocycles. The van der Waals surface area contributed by atoms with E-state index < -0.39 is 35.8 Å². The first-order valence-corrected chi connectivity index (χ1v) is 8.41. The summed E-state index contributed by atoms with van der Waals surface area (Å²) in [5, 5.41) is 15.2. The van der Waals surface area contributed by atoms with Gasteiger partial charge in [0, 0.05) is 36.9 Å². The quantitative estimate of drug-likeness (QED) is 0.419. The van der Waals surface area contributed by atoms with Crippen LogP contribution >= 0.6 is 0 Å². The van der Waals surface area contributed by atoms with Crippen molar-refractivity contribution in [3.8, 4) is 0 Å². The molecule has 144 valence electrons. The number of carbonyl (C=O) groups is 4. The summed E-state index contributed by atoms with van der Waals surface area (Å²) in [5.41, 5.74) is 6.69. The lowest BCUT2D eigenvalue weighted by Crippen LogP contribution is -2.52. The Kier molecular flexibility index (Phi) is 6.53. The summed E-state index contributed by atoms with van der Waals surface area (Å²) in [6.07, 6.45) is 1.64. The largest absolute Gasteiger partial charge is 0.480 e. The van der Waals surface area contributed by atoms with Gasteiger partial charge in [0.2, 0.25) is 17.7 Å². The van der Waals surface area contributed by atoms with Gasteiger partial charge in [0.15, 0.2) is 0 Å². The molecule has 2 rings (SSSR count). The van der Waals surface area contributed by atoms with Crippen LogP contribution in [0.5, 0.6) is 0 Å². The maximum atomic E-state index is 12.4. The minimum atomic E-state index is -1.20. The van der Waals surface area contributed by atoms with Crippen LogP contribution in [0.4, 0.5) is 0 Å². The van der Waals surface area contributed by atoms with Crippen LogP contribution in [0.1, 0.15) is 25.3 Å². The second kappa shape index (κ2) is 8.84. The molecule has 0 radical (unpaired) electrons. The van der Waals surface area contributed by atoms with Crippen molar-refractivity contribution in [1.29, 1.82) is 0 Å². The van der Waals surface area contributed by atoms with E-state index in [2.05, 4.69) is 15.6 Å². The van der Waals surface area contributed by atoms with Crippen molar-refractivity contribution in [2.24, 2.45) is 5.73 Å². The van der Waals surface area contributed by atoms with Gasteiger partial charge < -0.3 is 26.5 Å². The average molecular weight is 374 g/mol. The number of aromatic amines is 1. The summed E-state index contributed by atoms with van der Waals surface area (Å²) in [7, 11) is 0. The highest BCUT2D eigenvalue weighted by atomic mass is 16.4. The number of amides is 3. The summed E-state index contributed by atoms with van der Waals surface area (Å²) in [5.74, 6) is -2.97. The predicted octanol–water partition coefficient (Wildman–Crippen LogP) is 0.0500. The molecule has 0 saturated carbocycles. The number of aromatic nitrogens is 1. The first-order valence-electron chi connectivity index (χ1n) is 8.41. The number of aliphatic carboxylic acids is 1. The maximum Gasteiger partial charge on any atom is 0.326 e. The van der Waals surface area contributed by atoms with Crippen LogP contribution in [-0.4, -0.2) is 45.9 Å². The van der Waals surface area contributed by atoms with E-state index in [1.54, 1.807) is 6.20 Å².